The van der Waals surface area contributed by atoms with Crippen molar-refractivity contribution in [3.63, 3.8) is 0 Å². The van der Waals surface area contributed by atoms with Gasteiger partial charge in [-0.3, -0.25) is 0 Å². The fourth-order valence-corrected chi connectivity index (χ4v) is 2.29. The molecule has 0 spiro atoms. The van der Waals surface area contributed by atoms with E-state index in [1.165, 1.54) is 5.69 Å². The minimum atomic E-state index is 0.673. The van der Waals surface area contributed by atoms with Crippen molar-refractivity contribution >= 4 is 28.7 Å². The van der Waals surface area contributed by atoms with E-state index in [-0.39, 0.29) is 0 Å². The number of rotatable bonds is 5. The molecule has 0 aliphatic heterocycles. The van der Waals surface area contributed by atoms with Crippen molar-refractivity contribution in [1.82, 2.24) is 0 Å². The molecule has 3 nitrogen and oxygen atoms in total. The van der Waals surface area contributed by atoms with Crippen LogP contribution in [0, 0.1) is 6.92 Å². The van der Waals surface area contributed by atoms with Gasteiger partial charge in [-0.15, -0.1) is 0 Å². The highest BCUT2D eigenvalue weighted by Crippen LogP contribution is 2.26. The minimum absolute atomic E-state index is 0.673. The summed E-state index contributed by atoms with van der Waals surface area (Å²) >= 11 is 5.98. The summed E-state index contributed by atoms with van der Waals surface area (Å²) in [5.41, 5.74) is 3.90. The summed E-state index contributed by atoms with van der Waals surface area (Å²) in [7, 11) is 0. The van der Waals surface area contributed by atoms with Crippen LogP contribution in [0.4, 0.5) is 17.1 Å². The Hall–Kier alpha value is -1.87. The van der Waals surface area contributed by atoms with Gasteiger partial charge in [0.2, 0.25) is 0 Å². The summed E-state index contributed by atoms with van der Waals surface area (Å²) in [6.07, 6.45) is 0. The van der Waals surface area contributed by atoms with E-state index >= 15 is 0 Å². The van der Waals surface area contributed by atoms with Crippen molar-refractivity contribution in [1.29, 1.82) is 0 Å². The molecule has 0 atom stereocenters. The van der Waals surface area contributed by atoms with Crippen molar-refractivity contribution in [2.24, 2.45) is 10.2 Å². The summed E-state index contributed by atoms with van der Waals surface area (Å²) in [6.45, 7) is 8.30. The molecule has 4 heteroatoms. The molecule has 21 heavy (non-hydrogen) atoms. The Morgan fingerprint density at radius 3 is 2.24 bits per heavy atom. The van der Waals surface area contributed by atoms with Gasteiger partial charge >= 0.3 is 0 Å². The average Bonchev–Trinajstić information content (AvgIpc) is 2.51. The Morgan fingerprint density at radius 2 is 1.62 bits per heavy atom. The van der Waals surface area contributed by atoms with Gasteiger partial charge in [-0.1, -0.05) is 17.7 Å². The maximum Gasteiger partial charge on any atom is 0.0901 e. The van der Waals surface area contributed by atoms with Gasteiger partial charge in [0.15, 0.2) is 0 Å². The average molecular weight is 302 g/mol. The molecular formula is C17H20ClN3. The number of aryl methyl sites for hydroxylation is 1. The van der Waals surface area contributed by atoms with E-state index in [4.69, 9.17) is 11.6 Å². The van der Waals surface area contributed by atoms with E-state index in [2.05, 4.69) is 41.1 Å². The van der Waals surface area contributed by atoms with Crippen LogP contribution in [0.25, 0.3) is 0 Å². The number of halogens is 1. The third-order valence-electron chi connectivity index (χ3n) is 3.42. The van der Waals surface area contributed by atoms with Gasteiger partial charge in [0.05, 0.1) is 11.4 Å². The predicted molar refractivity (Wildman–Crippen MR) is 90.4 cm³/mol. The maximum atomic E-state index is 5.98. The zero-order valence-electron chi connectivity index (χ0n) is 12.7. The summed E-state index contributed by atoms with van der Waals surface area (Å²) < 4.78 is 0. The summed E-state index contributed by atoms with van der Waals surface area (Å²) in [5, 5.41) is 9.23. The van der Waals surface area contributed by atoms with E-state index in [0.717, 1.165) is 30.0 Å². The lowest BCUT2D eigenvalue weighted by molar-refractivity contribution is 0.866. The van der Waals surface area contributed by atoms with Gasteiger partial charge in [-0.25, -0.2) is 0 Å². The smallest absolute Gasteiger partial charge is 0.0901 e. The Labute approximate surface area is 131 Å². The van der Waals surface area contributed by atoms with E-state index in [9.17, 15) is 0 Å². The lowest BCUT2D eigenvalue weighted by Gasteiger charge is -2.20. The molecule has 0 aromatic heterocycles. The molecule has 0 N–H and O–H groups in total. The zero-order chi connectivity index (χ0) is 15.2. The molecule has 0 aliphatic rings. The normalized spacial score (nSPS) is 11.0. The molecule has 110 valence electrons. The molecule has 0 unspecified atom stereocenters. The minimum Gasteiger partial charge on any atom is -0.372 e. The number of benzene rings is 2. The first-order valence-electron chi connectivity index (χ1n) is 7.17. The van der Waals surface area contributed by atoms with Crippen LogP contribution in [-0.4, -0.2) is 13.1 Å². The second kappa shape index (κ2) is 7.23. The van der Waals surface area contributed by atoms with E-state index in [0.29, 0.717) is 5.02 Å². The lowest BCUT2D eigenvalue weighted by Crippen LogP contribution is -2.21. The highest BCUT2D eigenvalue weighted by Gasteiger charge is 2.01. The maximum absolute atomic E-state index is 5.98. The molecule has 0 saturated carbocycles. The first kappa shape index (κ1) is 15.5. The van der Waals surface area contributed by atoms with Gasteiger partial charge in [0.25, 0.3) is 0 Å². The highest BCUT2D eigenvalue weighted by molar-refractivity contribution is 6.30. The Balaban J connectivity index is 2.16. The number of hydrogen-bond donors (Lipinski definition) is 0. The van der Waals surface area contributed by atoms with Crippen molar-refractivity contribution in [3.05, 3.63) is 53.1 Å². The van der Waals surface area contributed by atoms with Gasteiger partial charge in [-0.2, -0.15) is 10.2 Å². The Morgan fingerprint density at radius 1 is 0.952 bits per heavy atom. The largest absolute Gasteiger partial charge is 0.372 e. The van der Waals surface area contributed by atoms with Crippen LogP contribution in [0.3, 0.4) is 0 Å². The first-order valence-corrected chi connectivity index (χ1v) is 7.54. The monoisotopic (exact) mass is 301 g/mol. The fraction of sp³-hybridized carbons (Fsp3) is 0.294. The second-order valence-electron chi connectivity index (χ2n) is 4.82. The second-order valence-corrected chi connectivity index (χ2v) is 5.26. The number of hydrogen-bond acceptors (Lipinski definition) is 3. The van der Waals surface area contributed by atoms with Crippen molar-refractivity contribution < 1.29 is 0 Å². The van der Waals surface area contributed by atoms with Crippen molar-refractivity contribution in [3.8, 4) is 0 Å². The molecule has 0 fully saturated rings. The topological polar surface area (TPSA) is 28.0 Å². The van der Waals surface area contributed by atoms with Crippen LogP contribution >= 0.6 is 11.6 Å². The number of anilines is 1. The molecule has 0 amide bonds. The van der Waals surface area contributed by atoms with Crippen LogP contribution in [0.1, 0.15) is 19.4 Å². The molecular weight excluding hydrogens is 282 g/mol. The lowest BCUT2D eigenvalue weighted by atomic mass is 10.2. The van der Waals surface area contributed by atoms with Crippen molar-refractivity contribution in [2.75, 3.05) is 18.0 Å². The van der Waals surface area contributed by atoms with E-state index in [1.54, 1.807) is 0 Å². The van der Waals surface area contributed by atoms with E-state index in [1.807, 2.05) is 37.3 Å². The quantitative estimate of drug-likeness (QED) is 0.631. The van der Waals surface area contributed by atoms with Crippen LogP contribution < -0.4 is 4.90 Å². The zero-order valence-corrected chi connectivity index (χ0v) is 13.4. The third kappa shape index (κ3) is 4.05. The van der Waals surface area contributed by atoms with Crippen LogP contribution in [-0.2, 0) is 0 Å². The first-order chi connectivity index (χ1) is 10.1. The van der Waals surface area contributed by atoms with Crippen LogP contribution in [0.5, 0.6) is 0 Å². The predicted octanol–water partition coefficient (Wildman–Crippen LogP) is 5.91. The number of azo groups is 1. The van der Waals surface area contributed by atoms with Crippen LogP contribution in [0.2, 0.25) is 5.02 Å². The molecule has 0 radical (unpaired) electrons. The highest BCUT2D eigenvalue weighted by atomic mass is 35.5. The fourth-order valence-electron chi connectivity index (χ4n) is 2.12. The third-order valence-corrected chi connectivity index (χ3v) is 3.66. The van der Waals surface area contributed by atoms with Gasteiger partial charge in [0, 0.05) is 23.8 Å². The SMILES string of the molecule is CCN(CC)c1ccc(N=Nc2cc(Cl)ccc2C)cc1. The molecule has 2 rings (SSSR count). The summed E-state index contributed by atoms with van der Waals surface area (Å²) in [5.74, 6) is 0. The number of nitrogens with zero attached hydrogens (tertiary/aromatic N) is 3. The molecule has 2 aromatic carbocycles. The molecule has 2 aromatic rings. The Kier molecular flexibility index (Phi) is 5.34. The van der Waals surface area contributed by atoms with Gasteiger partial charge in [0.1, 0.15) is 0 Å². The van der Waals surface area contributed by atoms with Crippen LogP contribution in [0.15, 0.2) is 52.7 Å². The molecule has 0 heterocycles. The summed E-state index contributed by atoms with van der Waals surface area (Å²) in [4.78, 5) is 2.29. The van der Waals surface area contributed by atoms with Gasteiger partial charge < -0.3 is 4.90 Å². The Bertz CT molecular complexity index is 616. The van der Waals surface area contributed by atoms with Crippen molar-refractivity contribution in [2.45, 2.75) is 20.8 Å². The van der Waals surface area contributed by atoms with Gasteiger partial charge in [-0.05, 0) is 62.7 Å². The summed E-state index contributed by atoms with van der Waals surface area (Å²) in [6, 6.07) is 13.7. The molecule has 0 aliphatic carbocycles. The molecule has 0 bridgehead atoms. The standard InChI is InChI=1S/C17H20ClN3/c1-4-21(5-2)16-10-8-15(9-11-16)19-20-17-12-14(18)7-6-13(17)3/h6-12H,4-5H2,1-3H3. The van der Waals surface area contributed by atoms with E-state index < -0.39 is 0 Å². The molecule has 0 saturated heterocycles.